The van der Waals surface area contributed by atoms with Crippen LogP contribution in [-0.4, -0.2) is 82.2 Å². The summed E-state index contributed by atoms with van der Waals surface area (Å²) in [5, 5.41) is 12.9. The lowest BCUT2D eigenvalue weighted by atomic mass is 9.74. The SMILES string of the molecule is CCCN1CC=C[C@@]2(C)O[C@]34C=CCN(c5ccc6ccccc6c5)C(=O)C3N([C@@H](CO)Cc3ccccc3)C(=O)[C@@H]4[C@H]2C1=O. The van der Waals surface area contributed by atoms with Gasteiger partial charge in [0, 0.05) is 25.3 Å². The molecule has 2 fully saturated rings. The summed E-state index contributed by atoms with van der Waals surface area (Å²) in [6.45, 7) is 4.83. The van der Waals surface area contributed by atoms with Crippen molar-refractivity contribution in [3.8, 4) is 0 Å². The van der Waals surface area contributed by atoms with Gasteiger partial charge in [0.1, 0.15) is 11.6 Å². The Kier molecular flexibility index (Phi) is 7.37. The summed E-state index contributed by atoms with van der Waals surface area (Å²) in [6, 6.07) is 21.8. The lowest BCUT2D eigenvalue weighted by molar-refractivity contribution is -0.151. The van der Waals surface area contributed by atoms with Crippen LogP contribution in [0.1, 0.15) is 25.8 Å². The van der Waals surface area contributed by atoms with Crippen molar-refractivity contribution in [1.29, 1.82) is 0 Å². The number of ether oxygens (including phenoxy) is 1. The molecular formula is C37H39N3O5. The molecule has 2 saturated heterocycles. The summed E-state index contributed by atoms with van der Waals surface area (Å²) in [7, 11) is 0. The zero-order chi connectivity index (χ0) is 31.3. The van der Waals surface area contributed by atoms with Gasteiger partial charge in [-0.15, -0.1) is 0 Å². The van der Waals surface area contributed by atoms with E-state index in [2.05, 4.69) is 0 Å². The molecule has 3 amide bonds. The molecule has 4 aliphatic heterocycles. The molecule has 0 radical (unpaired) electrons. The average Bonchev–Trinajstić information content (AvgIpc) is 3.33. The van der Waals surface area contributed by atoms with Crippen molar-refractivity contribution in [1.82, 2.24) is 9.80 Å². The van der Waals surface area contributed by atoms with Crippen LogP contribution in [0.15, 0.2) is 97.1 Å². The Hall–Kier alpha value is -4.27. The molecule has 3 aromatic rings. The molecule has 7 rings (SSSR count). The minimum Gasteiger partial charge on any atom is -0.394 e. The molecule has 45 heavy (non-hydrogen) atoms. The summed E-state index contributed by atoms with van der Waals surface area (Å²) in [4.78, 5) is 49.1. The Labute approximate surface area is 263 Å². The van der Waals surface area contributed by atoms with Crippen LogP contribution in [-0.2, 0) is 25.5 Å². The zero-order valence-corrected chi connectivity index (χ0v) is 25.7. The van der Waals surface area contributed by atoms with Crippen LogP contribution < -0.4 is 4.90 Å². The number of aliphatic hydroxyl groups is 1. The number of rotatable bonds is 7. The van der Waals surface area contributed by atoms with Crippen LogP contribution in [0, 0.1) is 11.8 Å². The van der Waals surface area contributed by atoms with Crippen LogP contribution in [0.2, 0.25) is 0 Å². The Bertz CT molecular complexity index is 1700. The van der Waals surface area contributed by atoms with Crippen molar-refractivity contribution in [2.24, 2.45) is 11.8 Å². The molecular weight excluding hydrogens is 566 g/mol. The van der Waals surface area contributed by atoms with Gasteiger partial charge < -0.3 is 24.5 Å². The van der Waals surface area contributed by atoms with E-state index in [1.807, 2.05) is 111 Å². The third-order valence-electron chi connectivity index (χ3n) is 10.0. The van der Waals surface area contributed by atoms with Gasteiger partial charge >= 0.3 is 0 Å². The van der Waals surface area contributed by atoms with Crippen molar-refractivity contribution in [3.05, 3.63) is 103 Å². The number of nitrogens with zero attached hydrogens (tertiary/aromatic N) is 3. The van der Waals surface area contributed by atoms with Crippen LogP contribution >= 0.6 is 0 Å². The first-order chi connectivity index (χ1) is 21.8. The molecule has 0 saturated carbocycles. The molecule has 6 atom stereocenters. The molecule has 4 aliphatic rings. The molecule has 0 aromatic heterocycles. The second-order valence-electron chi connectivity index (χ2n) is 12.8. The third-order valence-corrected chi connectivity index (χ3v) is 10.0. The number of hydrogen-bond donors (Lipinski definition) is 1. The molecule has 8 nitrogen and oxygen atoms in total. The predicted octanol–water partition coefficient (Wildman–Crippen LogP) is 4.13. The summed E-state index contributed by atoms with van der Waals surface area (Å²) in [5.41, 5.74) is -0.824. The van der Waals surface area contributed by atoms with Crippen LogP contribution in [0.25, 0.3) is 10.8 Å². The highest BCUT2D eigenvalue weighted by molar-refractivity contribution is 6.07. The Morgan fingerprint density at radius 1 is 0.867 bits per heavy atom. The standard InChI is InChI=1S/C37H39N3O5/c1-3-19-38-20-9-17-36(2)30(33(38)42)31-34(43)40(29(24-41)22-25-11-5-4-6-12-25)32-35(44)39(21-10-18-37(31,32)45-36)28-16-15-26-13-7-8-14-27(26)23-28/h4-18,23,29-32,41H,3,19-22,24H2,1-2H3/t29-,30+,31+,32?,36-,37+/m1/s1. The van der Waals surface area contributed by atoms with E-state index >= 15 is 0 Å². The van der Waals surface area contributed by atoms with Gasteiger partial charge in [0.15, 0.2) is 0 Å². The van der Waals surface area contributed by atoms with Gasteiger partial charge in [0.2, 0.25) is 11.8 Å². The smallest absolute Gasteiger partial charge is 0.253 e. The fourth-order valence-corrected chi connectivity index (χ4v) is 8.09. The maximum atomic E-state index is 15.0. The van der Waals surface area contributed by atoms with Crippen molar-refractivity contribution < 1.29 is 24.2 Å². The van der Waals surface area contributed by atoms with Crippen LogP contribution in [0.5, 0.6) is 0 Å². The lowest BCUT2D eigenvalue weighted by Gasteiger charge is -2.40. The normalized spacial score (nSPS) is 29.9. The van der Waals surface area contributed by atoms with Crippen LogP contribution in [0.4, 0.5) is 5.69 Å². The number of aliphatic hydroxyl groups excluding tert-OH is 1. The van der Waals surface area contributed by atoms with E-state index in [1.165, 1.54) is 0 Å². The van der Waals surface area contributed by atoms with Gasteiger partial charge in [-0.1, -0.05) is 91.9 Å². The molecule has 0 aliphatic carbocycles. The fraction of sp³-hybridized carbons (Fsp3) is 0.378. The molecule has 1 spiro atoms. The maximum absolute atomic E-state index is 15.0. The molecule has 1 unspecified atom stereocenters. The first-order valence-electron chi connectivity index (χ1n) is 15.9. The second kappa shape index (κ2) is 11.3. The van der Waals surface area contributed by atoms with E-state index in [0.29, 0.717) is 25.2 Å². The highest BCUT2D eigenvalue weighted by atomic mass is 16.5. The average molecular weight is 606 g/mol. The molecule has 3 aromatic carbocycles. The van der Waals surface area contributed by atoms with E-state index < -0.39 is 35.1 Å². The maximum Gasteiger partial charge on any atom is 0.253 e. The van der Waals surface area contributed by atoms with Gasteiger partial charge in [0.05, 0.1) is 30.1 Å². The van der Waals surface area contributed by atoms with Gasteiger partial charge in [-0.05, 0) is 48.2 Å². The molecule has 0 bridgehead atoms. The van der Waals surface area contributed by atoms with Crippen molar-refractivity contribution in [2.75, 3.05) is 31.1 Å². The molecule has 4 heterocycles. The number of anilines is 1. The number of hydrogen-bond acceptors (Lipinski definition) is 5. The molecule has 1 N–H and O–H groups in total. The largest absolute Gasteiger partial charge is 0.394 e. The highest BCUT2D eigenvalue weighted by Crippen LogP contribution is 2.58. The van der Waals surface area contributed by atoms with Gasteiger partial charge in [-0.3, -0.25) is 14.4 Å². The van der Waals surface area contributed by atoms with E-state index in [-0.39, 0.29) is 30.9 Å². The number of fused-ring (bicyclic) bond motifs is 3. The number of carbonyl (C=O) groups is 3. The van der Waals surface area contributed by atoms with Gasteiger partial charge in [-0.2, -0.15) is 0 Å². The number of amides is 3. The van der Waals surface area contributed by atoms with Gasteiger partial charge in [0.25, 0.3) is 5.91 Å². The summed E-state index contributed by atoms with van der Waals surface area (Å²) in [5.74, 6) is -2.51. The fourth-order valence-electron chi connectivity index (χ4n) is 8.09. The minimum absolute atomic E-state index is 0.139. The molecule has 8 heteroatoms. The Morgan fingerprint density at radius 2 is 1.60 bits per heavy atom. The monoisotopic (exact) mass is 605 g/mol. The van der Waals surface area contributed by atoms with Crippen molar-refractivity contribution >= 4 is 34.2 Å². The topological polar surface area (TPSA) is 90.4 Å². The van der Waals surface area contributed by atoms with Gasteiger partial charge in [-0.25, -0.2) is 0 Å². The molecule has 232 valence electrons. The number of carbonyl (C=O) groups excluding carboxylic acids is 3. The van der Waals surface area contributed by atoms with E-state index in [9.17, 15) is 19.5 Å². The second-order valence-corrected chi connectivity index (χ2v) is 12.8. The van der Waals surface area contributed by atoms with E-state index in [4.69, 9.17) is 4.74 Å². The summed E-state index contributed by atoms with van der Waals surface area (Å²) >= 11 is 0. The summed E-state index contributed by atoms with van der Waals surface area (Å²) < 4.78 is 6.98. The van der Waals surface area contributed by atoms with Crippen molar-refractivity contribution in [3.63, 3.8) is 0 Å². The third kappa shape index (κ3) is 4.61. The number of likely N-dealkylation sites (tertiary alicyclic amines) is 1. The number of benzene rings is 3. The minimum atomic E-state index is -1.39. The Balaban J connectivity index is 1.37. The van der Waals surface area contributed by atoms with E-state index in [1.54, 1.807) is 14.7 Å². The zero-order valence-electron chi connectivity index (χ0n) is 25.7. The first-order valence-corrected chi connectivity index (χ1v) is 15.9. The van der Waals surface area contributed by atoms with E-state index in [0.717, 1.165) is 22.8 Å². The van der Waals surface area contributed by atoms with Crippen molar-refractivity contribution in [2.45, 2.75) is 50.0 Å². The first kappa shape index (κ1) is 29.4. The highest BCUT2D eigenvalue weighted by Gasteiger charge is 2.75. The Morgan fingerprint density at radius 3 is 2.36 bits per heavy atom. The van der Waals surface area contributed by atoms with Crippen LogP contribution in [0.3, 0.4) is 0 Å². The quantitative estimate of drug-likeness (QED) is 0.410. The summed E-state index contributed by atoms with van der Waals surface area (Å²) in [6.07, 6.45) is 8.75. The lowest BCUT2D eigenvalue weighted by Crippen LogP contribution is -2.59. The predicted molar refractivity (Wildman–Crippen MR) is 172 cm³/mol.